The van der Waals surface area contributed by atoms with Crippen LogP contribution < -0.4 is 15.4 Å². The zero-order valence-electron chi connectivity index (χ0n) is 23.1. The highest BCUT2D eigenvalue weighted by atomic mass is 19.4. The van der Waals surface area contributed by atoms with Crippen molar-refractivity contribution in [1.29, 1.82) is 0 Å². The van der Waals surface area contributed by atoms with E-state index in [1.165, 1.54) is 16.9 Å². The summed E-state index contributed by atoms with van der Waals surface area (Å²) in [6.07, 6.45) is -4.59. The molecule has 3 aromatic rings. The lowest BCUT2D eigenvalue weighted by Crippen LogP contribution is -2.37. The monoisotopic (exact) mass is 634 g/mol. The number of alkyl halides is 7. The zero-order valence-corrected chi connectivity index (χ0v) is 23.1. The van der Waals surface area contributed by atoms with Gasteiger partial charge in [-0.25, -0.2) is 27.1 Å². The molecule has 44 heavy (non-hydrogen) atoms. The molecule has 3 aromatic heterocycles. The van der Waals surface area contributed by atoms with Gasteiger partial charge in [0.2, 0.25) is 17.5 Å². The molecule has 2 atom stereocenters. The summed E-state index contributed by atoms with van der Waals surface area (Å²) in [6.45, 7) is -1.01. The van der Waals surface area contributed by atoms with Crippen LogP contribution in [-0.4, -0.2) is 56.7 Å². The van der Waals surface area contributed by atoms with Crippen LogP contribution in [0.1, 0.15) is 85.2 Å². The second kappa shape index (κ2) is 12.6. The number of hydrogen-bond donors (Lipinski definition) is 2. The number of hydrogen-bond acceptors (Lipinski definition) is 7. The normalized spacial score (nSPS) is 18.7. The van der Waals surface area contributed by atoms with Gasteiger partial charge in [0.05, 0.1) is 36.6 Å². The minimum Gasteiger partial charge on any atom is -0.482 e. The SMILES string of the molecule is O=C(CCC(F)(F)F)NC(c1cnn2cc([C@@H](NC(=O)c3nocc3OCC(F)F)C3CCC(F)(F)CC3)nc2c1)C1CC1. The molecule has 2 fully saturated rings. The summed E-state index contributed by atoms with van der Waals surface area (Å²) in [5, 5.41) is 13.3. The Hall–Kier alpha value is -3.92. The summed E-state index contributed by atoms with van der Waals surface area (Å²) in [6, 6.07) is 0.124. The molecule has 2 amide bonds. The van der Waals surface area contributed by atoms with E-state index in [0.29, 0.717) is 5.56 Å². The summed E-state index contributed by atoms with van der Waals surface area (Å²) >= 11 is 0. The van der Waals surface area contributed by atoms with Gasteiger partial charge in [-0.2, -0.15) is 18.3 Å². The van der Waals surface area contributed by atoms with Crippen LogP contribution in [0.4, 0.5) is 30.7 Å². The van der Waals surface area contributed by atoms with Crippen LogP contribution in [0.25, 0.3) is 5.65 Å². The quantitative estimate of drug-likeness (QED) is 0.250. The molecule has 240 valence electrons. The molecule has 3 heterocycles. The molecule has 2 aliphatic rings. The molecule has 2 aliphatic carbocycles. The van der Waals surface area contributed by atoms with E-state index in [2.05, 4.69) is 25.9 Å². The van der Waals surface area contributed by atoms with Crippen molar-refractivity contribution in [3.8, 4) is 5.75 Å². The molecule has 10 nitrogen and oxygen atoms in total. The number of rotatable bonds is 12. The lowest BCUT2D eigenvalue weighted by Gasteiger charge is -2.33. The van der Waals surface area contributed by atoms with Gasteiger partial charge in [0.1, 0.15) is 6.61 Å². The third-order valence-electron chi connectivity index (χ3n) is 7.72. The fraction of sp³-hybridized carbons (Fsp3) is 0.593. The minimum absolute atomic E-state index is 0.0170. The molecule has 5 rings (SSSR count). The number of carbonyl (C=O) groups excluding carboxylic acids is 2. The van der Waals surface area contributed by atoms with Crippen LogP contribution in [0.15, 0.2) is 29.2 Å². The van der Waals surface area contributed by atoms with Gasteiger partial charge in [0.15, 0.2) is 17.7 Å². The summed E-state index contributed by atoms with van der Waals surface area (Å²) in [4.78, 5) is 30.0. The zero-order chi connectivity index (χ0) is 31.6. The minimum atomic E-state index is -4.46. The predicted molar refractivity (Wildman–Crippen MR) is 137 cm³/mol. The topological polar surface area (TPSA) is 124 Å². The molecule has 0 radical (unpaired) electrons. The number of nitrogens with one attached hydrogen (secondary N) is 2. The van der Waals surface area contributed by atoms with Gasteiger partial charge in [-0.15, -0.1) is 0 Å². The van der Waals surface area contributed by atoms with Crippen molar-refractivity contribution in [3.63, 3.8) is 0 Å². The first-order valence-corrected chi connectivity index (χ1v) is 14.0. The average Bonchev–Trinajstić information content (AvgIpc) is 3.52. The van der Waals surface area contributed by atoms with Crippen LogP contribution in [-0.2, 0) is 4.79 Å². The van der Waals surface area contributed by atoms with Crippen molar-refractivity contribution >= 4 is 17.5 Å². The molecule has 0 aromatic carbocycles. The van der Waals surface area contributed by atoms with Crippen LogP contribution in [0.3, 0.4) is 0 Å². The van der Waals surface area contributed by atoms with Crippen molar-refractivity contribution in [1.82, 2.24) is 30.4 Å². The summed E-state index contributed by atoms with van der Waals surface area (Å²) in [5.74, 6) is -5.24. The predicted octanol–water partition coefficient (Wildman–Crippen LogP) is 5.57. The highest BCUT2D eigenvalue weighted by Crippen LogP contribution is 2.43. The molecule has 0 aliphatic heterocycles. The molecule has 2 N–H and O–H groups in total. The first kappa shape index (κ1) is 31.5. The number of ether oxygens (including phenoxy) is 1. The maximum atomic E-state index is 14.0. The van der Waals surface area contributed by atoms with E-state index in [4.69, 9.17) is 9.26 Å². The highest BCUT2D eigenvalue weighted by Gasteiger charge is 2.40. The fourth-order valence-electron chi connectivity index (χ4n) is 5.31. The summed E-state index contributed by atoms with van der Waals surface area (Å²) in [5.41, 5.74) is 0.678. The van der Waals surface area contributed by atoms with Crippen molar-refractivity contribution in [2.24, 2.45) is 11.8 Å². The molecule has 0 spiro atoms. The molecule has 2 saturated carbocycles. The summed E-state index contributed by atoms with van der Waals surface area (Å²) < 4.78 is 102. The number of aromatic nitrogens is 4. The van der Waals surface area contributed by atoms with Crippen LogP contribution in [0, 0.1) is 11.8 Å². The van der Waals surface area contributed by atoms with Gasteiger partial charge in [-0.3, -0.25) is 9.59 Å². The van der Waals surface area contributed by atoms with E-state index >= 15 is 0 Å². The Morgan fingerprint density at radius 2 is 1.80 bits per heavy atom. The third kappa shape index (κ3) is 7.96. The number of carbonyl (C=O) groups is 2. The van der Waals surface area contributed by atoms with Gasteiger partial charge in [0.25, 0.3) is 12.3 Å². The van der Waals surface area contributed by atoms with Crippen molar-refractivity contribution < 1.29 is 49.6 Å². The van der Waals surface area contributed by atoms with Gasteiger partial charge in [0, 0.05) is 19.3 Å². The van der Waals surface area contributed by atoms with Gasteiger partial charge < -0.3 is 19.9 Å². The Labute approximate surface area is 245 Å². The van der Waals surface area contributed by atoms with Crippen molar-refractivity contribution in [3.05, 3.63) is 41.7 Å². The van der Waals surface area contributed by atoms with Gasteiger partial charge in [-0.05, 0) is 49.1 Å². The molecule has 17 heteroatoms. The number of amides is 2. The Bertz CT molecular complexity index is 1460. The van der Waals surface area contributed by atoms with Crippen LogP contribution in [0.5, 0.6) is 5.75 Å². The second-order valence-corrected chi connectivity index (χ2v) is 11.1. The Kier molecular flexibility index (Phi) is 9.02. The molecular formula is C27H29F7N6O4. The maximum Gasteiger partial charge on any atom is 0.389 e. The van der Waals surface area contributed by atoms with E-state index in [-0.39, 0.29) is 35.9 Å². The largest absolute Gasteiger partial charge is 0.482 e. The van der Waals surface area contributed by atoms with Crippen LogP contribution in [0.2, 0.25) is 0 Å². The first-order valence-electron chi connectivity index (χ1n) is 14.0. The number of halogens is 7. The second-order valence-electron chi connectivity index (χ2n) is 11.1. The molecule has 1 unspecified atom stereocenters. The highest BCUT2D eigenvalue weighted by molar-refractivity contribution is 5.95. The number of imidazole rings is 1. The molecule has 0 saturated heterocycles. The lowest BCUT2D eigenvalue weighted by atomic mass is 9.81. The Balaban J connectivity index is 1.39. The van der Waals surface area contributed by atoms with Crippen LogP contribution >= 0.6 is 0 Å². The molecule has 0 bridgehead atoms. The van der Waals surface area contributed by atoms with Crippen molar-refractivity contribution in [2.45, 2.75) is 82.0 Å². The average molecular weight is 635 g/mol. The van der Waals surface area contributed by atoms with Gasteiger partial charge >= 0.3 is 6.18 Å². The standard InChI is InChI=1S/C27H29F7N6O4/c28-19(29)13-43-18-12-44-39-24(18)25(42)38-23(15-3-6-26(30,31)7-4-15)17-11-40-20(36-17)9-16(10-35-40)22(14-1-2-14)37-21(41)5-8-27(32,33)34/h9-12,14-15,19,22-23H,1-8,13H2,(H,37,41)(H,38,42)/t22?,23-/m0/s1. The fourth-order valence-corrected chi connectivity index (χ4v) is 5.31. The maximum absolute atomic E-state index is 14.0. The van der Waals surface area contributed by atoms with Crippen molar-refractivity contribution in [2.75, 3.05) is 6.61 Å². The molecular weight excluding hydrogens is 605 g/mol. The first-order chi connectivity index (χ1) is 20.8. The summed E-state index contributed by atoms with van der Waals surface area (Å²) in [7, 11) is 0. The van der Waals surface area contributed by atoms with E-state index in [0.717, 1.165) is 19.1 Å². The number of fused-ring (bicyclic) bond motifs is 1. The third-order valence-corrected chi connectivity index (χ3v) is 7.72. The van der Waals surface area contributed by atoms with E-state index in [1.807, 2.05) is 0 Å². The van der Waals surface area contributed by atoms with E-state index in [1.54, 1.807) is 6.07 Å². The Morgan fingerprint density at radius 1 is 1.09 bits per heavy atom. The lowest BCUT2D eigenvalue weighted by molar-refractivity contribution is -0.144. The Morgan fingerprint density at radius 3 is 2.45 bits per heavy atom. The van der Waals surface area contributed by atoms with E-state index < -0.39 is 86.3 Å². The number of nitrogens with zero attached hydrogens (tertiary/aromatic N) is 4. The van der Waals surface area contributed by atoms with Gasteiger partial charge in [-0.1, -0.05) is 5.16 Å². The smallest absolute Gasteiger partial charge is 0.389 e. The van der Waals surface area contributed by atoms with E-state index in [9.17, 15) is 40.3 Å².